The van der Waals surface area contributed by atoms with E-state index in [1.165, 1.54) is 0 Å². The number of hydrogen-bond donors (Lipinski definition) is 4. The first-order valence-electron chi connectivity index (χ1n) is 5.20. The van der Waals surface area contributed by atoms with E-state index in [4.69, 9.17) is 10.5 Å². The Hall–Kier alpha value is -0.610. The zero-order chi connectivity index (χ0) is 11.0. The molecule has 2 atom stereocenters. The third-order valence-corrected chi connectivity index (χ3v) is 2.21. The monoisotopic (exact) mass is 202 g/mol. The average molecular weight is 202 g/mol. The molecule has 0 aliphatic heterocycles. The van der Waals surface area contributed by atoms with E-state index < -0.39 is 6.10 Å². The Labute approximate surface area is 85.8 Å². The Bertz CT molecular complexity index is 162. The molecule has 0 radical (unpaired) electrons. The maximum Gasteiger partial charge on any atom is 0.0928 e. The summed E-state index contributed by atoms with van der Waals surface area (Å²) in [6, 6.07) is 0. The summed E-state index contributed by atoms with van der Waals surface area (Å²) in [7, 11) is 0. The van der Waals surface area contributed by atoms with Gasteiger partial charge in [-0.15, -0.1) is 0 Å². The van der Waals surface area contributed by atoms with Gasteiger partial charge < -0.3 is 15.5 Å². The molecule has 0 bridgehead atoms. The number of aliphatic hydroxyl groups is 2. The van der Waals surface area contributed by atoms with Gasteiger partial charge in [0.05, 0.1) is 18.5 Å². The Kier molecular flexibility index (Phi) is 7.42. The summed E-state index contributed by atoms with van der Waals surface area (Å²) in [4.78, 5) is 0. The minimum absolute atomic E-state index is 0.164. The van der Waals surface area contributed by atoms with Gasteiger partial charge in [0.25, 0.3) is 0 Å². The van der Waals surface area contributed by atoms with Crippen LogP contribution in [-0.2, 0) is 0 Å². The van der Waals surface area contributed by atoms with Gasteiger partial charge in [-0.25, -0.2) is 0 Å². The number of aliphatic hydroxyl groups excluding tert-OH is 2. The summed E-state index contributed by atoms with van der Waals surface area (Å²) < 4.78 is 0. The molecule has 0 heterocycles. The van der Waals surface area contributed by atoms with Crippen molar-refractivity contribution in [3.63, 3.8) is 0 Å². The fourth-order valence-corrected chi connectivity index (χ4v) is 1.25. The highest BCUT2D eigenvalue weighted by Gasteiger charge is 2.08. The van der Waals surface area contributed by atoms with Crippen LogP contribution in [0.15, 0.2) is 0 Å². The van der Waals surface area contributed by atoms with E-state index in [0.717, 1.165) is 19.4 Å². The van der Waals surface area contributed by atoms with Crippen LogP contribution in [0.2, 0.25) is 0 Å². The molecule has 0 aliphatic carbocycles. The Balaban J connectivity index is 3.44. The zero-order valence-electron chi connectivity index (χ0n) is 9.08. The van der Waals surface area contributed by atoms with Crippen molar-refractivity contribution >= 4 is 5.84 Å². The lowest BCUT2D eigenvalue weighted by atomic mass is 10.0. The zero-order valence-corrected chi connectivity index (χ0v) is 9.08. The Morgan fingerprint density at radius 3 is 2.64 bits per heavy atom. The van der Waals surface area contributed by atoms with Gasteiger partial charge in [-0.3, -0.25) is 5.41 Å². The topological polar surface area (TPSA) is 76.3 Å². The third-order valence-electron chi connectivity index (χ3n) is 2.21. The van der Waals surface area contributed by atoms with Crippen molar-refractivity contribution in [2.75, 3.05) is 13.2 Å². The van der Waals surface area contributed by atoms with Crippen LogP contribution in [0.5, 0.6) is 0 Å². The SMILES string of the molecule is CCC(=N)NCC[C@@H](C)C[C@H](O)CO. The fraction of sp³-hybridized carbons (Fsp3) is 0.900. The van der Waals surface area contributed by atoms with E-state index in [2.05, 4.69) is 5.32 Å². The van der Waals surface area contributed by atoms with Crippen molar-refractivity contribution in [2.24, 2.45) is 5.92 Å². The van der Waals surface area contributed by atoms with Gasteiger partial charge in [0.2, 0.25) is 0 Å². The van der Waals surface area contributed by atoms with Crippen LogP contribution in [0.3, 0.4) is 0 Å². The first-order valence-corrected chi connectivity index (χ1v) is 5.20. The molecule has 0 saturated carbocycles. The normalized spacial score (nSPS) is 14.9. The van der Waals surface area contributed by atoms with Crippen molar-refractivity contribution in [1.29, 1.82) is 5.41 Å². The molecule has 0 spiro atoms. The molecule has 84 valence electrons. The largest absolute Gasteiger partial charge is 0.394 e. The first-order chi connectivity index (χ1) is 6.60. The molecular weight excluding hydrogens is 180 g/mol. The molecule has 0 rings (SSSR count). The number of nitrogens with one attached hydrogen (secondary N) is 2. The predicted octanol–water partition coefficient (Wildman–Crippen LogP) is 0.733. The molecule has 0 amide bonds. The average Bonchev–Trinajstić information content (AvgIpc) is 2.17. The minimum Gasteiger partial charge on any atom is -0.394 e. The lowest BCUT2D eigenvalue weighted by Gasteiger charge is -2.15. The summed E-state index contributed by atoms with van der Waals surface area (Å²) >= 11 is 0. The highest BCUT2D eigenvalue weighted by atomic mass is 16.3. The van der Waals surface area contributed by atoms with Crippen LogP contribution in [0.4, 0.5) is 0 Å². The second-order valence-electron chi connectivity index (χ2n) is 3.72. The molecular formula is C10H22N2O2. The standard InChI is InChI=1S/C10H22N2O2/c1-3-10(11)12-5-4-8(2)6-9(14)7-13/h8-9,13-14H,3-7H2,1-2H3,(H2,11,12)/t8-,9+/m1/s1. The second kappa shape index (κ2) is 7.76. The summed E-state index contributed by atoms with van der Waals surface area (Å²) in [6.07, 6.45) is 1.67. The van der Waals surface area contributed by atoms with Gasteiger partial charge in [0.1, 0.15) is 0 Å². The third kappa shape index (κ3) is 6.86. The number of rotatable bonds is 7. The van der Waals surface area contributed by atoms with Crippen LogP contribution in [0.1, 0.15) is 33.1 Å². The van der Waals surface area contributed by atoms with Crippen LogP contribution >= 0.6 is 0 Å². The lowest BCUT2D eigenvalue weighted by Crippen LogP contribution is -2.25. The molecule has 4 N–H and O–H groups in total. The van der Waals surface area contributed by atoms with E-state index in [1.54, 1.807) is 0 Å². The molecule has 0 aromatic heterocycles. The molecule has 4 nitrogen and oxygen atoms in total. The molecule has 0 aliphatic rings. The maximum atomic E-state index is 9.17. The second-order valence-corrected chi connectivity index (χ2v) is 3.72. The fourth-order valence-electron chi connectivity index (χ4n) is 1.25. The lowest BCUT2D eigenvalue weighted by molar-refractivity contribution is 0.0753. The van der Waals surface area contributed by atoms with Crippen LogP contribution in [0.25, 0.3) is 0 Å². The summed E-state index contributed by atoms with van der Waals surface area (Å²) in [5, 5.41) is 28.2. The van der Waals surface area contributed by atoms with Gasteiger partial charge in [-0.05, 0) is 18.8 Å². The number of hydrogen-bond acceptors (Lipinski definition) is 3. The first kappa shape index (κ1) is 13.4. The predicted molar refractivity (Wildman–Crippen MR) is 57.5 cm³/mol. The smallest absolute Gasteiger partial charge is 0.0928 e. The van der Waals surface area contributed by atoms with E-state index in [-0.39, 0.29) is 6.61 Å². The van der Waals surface area contributed by atoms with Gasteiger partial charge in [-0.1, -0.05) is 13.8 Å². The van der Waals surface area contributed by atoms with Crippen LogP contribution in [-0.4, -0.2) is 35.3 Å². The minimum atomic E-state index is -0.601. The van der Waals surface area contributed by atoms with Crippen molar-refractivity contribution in [3.05, 3.63) is 0 Å². The molecule has 14 heavy (non-hydrogen) atoms. The van der Waals surface area contributed by atoms with Crippen molar-refractivity contribution < 1.29 is 10.2 Å². The van der Waals surface area contributed by atoms with Crippen molar-refractivity contribution in [2.45, 2.75) is 39.2 Å². The van der Waals surface area contributed by atoms with Crippen LogP contribution in [0, 0.1) is 11.3 Å². The van der Waals surface area contributed by atoms with Gasteiger partial charge in [0.15, 0.2) is 0 Å². The maximum absolute atomic E-state index is 9.17. The van der Waals surface area contributed by atoms with Gasteiger partial charge in [-0.2, -0.15) is 0 Å². The molecule has 0 aromatic carbocycles. The molecule has 0 unspecified atom stereocenters. The summed E-state index contributed by atoms with van der Waals surface area (Å²) in [6.45, 7) is 4.58. The van der Waals surface area contributed by atoms with Gasteiger partial charge >= 0.3 is 0 Å². The van der Waals surface area contributed by atoms with Gasteiger partial charge in [0, 0.05) is 13.0 Å². The molecule has 0 aromatic rings. The Morgan fingerprint density at radius 1 is 1.50 bits per heavy atom. The van der Waals surface area contributed by atoms with E-state index in [1.807, 2.05) is 13.8 Å². The Morgan fingerprint density at radius 2 is 2.14 bits per heavy atom. The molecule has 0 fully saturated rings. The van der Waals surface area contributed by atoms with Crippen LogP contribution < -0.4 is 5.32 Å². The summed E-state index contributed by atoms with van der Waals surface area (Å²) in [5.74, 6) is 0.925. The quantitative estimate of drug-likeness (QED) is 0.363. The highest BCUT2D eigenvalue weighted by Crippen LogP contribution is 2.09. The summed E-state index contributed by atoms with van der Waals surface area (Å²) in [5.41, 5.74) is 0. The molecule has 0 saturated heterocycles. The van der Waals surface area contributed by atoms with E-state index in [9.17, 15) is 5.11 Å². The van der Waals surface area contributed by atoms with Crippen molar-refractivity contribution in [1.82, 2.24) is 5.32 Å². The van der Waals surface area contributed by atoms with E-state index >= 15 is 0 Å². The highest BCUT2D eigenvalue weighted by molar-refractivity contribution is 5.78. The number of amidine groups is 1. The molecule has 4 heteroatoms. The van der Waals surface area contributed by atoms with Crippen molar-refractivity contribution in [3.8, 4) is 0 Å². The van der Waals surface area contributed by atoms with E-state index in [0.29, 0.717) is 18.2 Å².